The highest BCUT2D eigenvalue weighted by Crippen LogP contribution is 2.23. The van der Waals surface area contributed by atoms with Crippen molar-refractivity contribution in [2.45, 2.75) is 45.1 Å². The van der Waals surface area contributed by atoms with E-state index in [-0.39, 0.29) is 11.7 Å². The van der Waals surface area contributed by atoms with Crippen molar-refractivity contribution in [3.8, 4) is 11.5 Å². The number of nitrogens with zero attached hydrogens (tertiary/aromatic N) is 5. The van der Waals surface area contributed by atoms with Crippen LogP contribution in [0.25, 0.3) is 10.9 Å². The van der Waals surface area contributed by atoms with Gasteiger partial charge in [-0.3, -0.25) is 9.69 Å². The van der Waals surface area contributed by atoms with Gasteiger partial charge in [-0.2, -0.15) is 0 Å². The quantitative estimate of drug-likeness (QED) is 0.362. The van der Waals surface area contributed by atoms with Gasteiger partial charge in [-0.25, -0.2) is 4.68 Å². The minimum Gasteiger partial charge on any atom is -0.497 e. The Morgan fingerprint density at radius 2 is 1.94 bits per heavy atom. The van der Waals surface area contributed by atoms with Crippen LogP contribution < -0.4 is 15.0 Å². The molecule has 0 unspecified atom stereocenters. The molecule has 1 N–H and O–H groups in total. The Labute approximate surface area is 208 Å². The van der Waals surface area contributed by atoms with Crippen molar-refractivity contribution in [3.05, 3.63) is 75.8 Å². The van der Waals surface area contributed by atoms with Crippen LogP contribution in [0.1, 0.15) is 29.8 Å². The number of ether oxygens (including phenoxy) is 3. The zero-order valence-corrected chi connectivity index (χ0v) is 20.5. The molecule has 0 radical (unpaired) electrons. The molecule has 0 bridgehead atoms. The number of hydrogen-bond acceptors (Lipinski definition) is 8. The molecule has 188 valence electrons. The Morgan fingerprint density at radius 3 is 2.75 bits per heavy atom. The van der Waals surface area contributed by atoms with Crippen LogP contribution in [0.5, 0.6) is 11.5 Å². The lowest BCUT2D eigenvalue weighted by Gasteiger charge is -2.23. The van der Waals surface area contributed by atoms with Crippen molar-refractivity contribution in [1.82, 2.24) is 30.1 Å². The normalized spacial score (nSPS) is 15.6. The number of rotatable bonds is 10. The van der Waals surface area contributed by atoms with Gasteiger partial charge >= 0.3 is 0 Å². The Balaban J connectivity index is 1.44. The summed E-state index contributed by atoms with van der Waals surface area (Å²) in [5.41, 5.74) is 2.26. The molecule has 1 aliphatic heterocycles. The van der Waals surface area contributed by atoms with Crippen LogP contribution in [0.15, 0.2) is 53.3 Å². The third kappa shape index (κ3) is 5.39. The summed E-state index contributed by atoms with van der Waals surface area (Å²) in [5, 5.41) is 13.3. The lowest BCUT2D eigenvalue weighted by molar-refractivity contribution is 0.0914. The number of hydrogen-bond donors (Lipinski definition) is 1. The first kappa shape index (κ1) is 24.0. The highest BCUT2D eigenvalue weighted by molar-refractivity contribution is 5.80. The molecule has 0 saturated carbocycles. The molecule has 2 aromatic heterocycles. The number of H-pyrrole nitrogens is 1. The van der Waals surface area contributed by atoms with E-state index < -0.39 is 0 Å². The predicted molar refractivity (Wildman–Crippen MR) is 134 cm³/mol. The van der Waals surface area contributed by atoms with Gasteiger partial charge in [-0.1, -0.05) is 18.2 Å². The van der Waals surface area contributed by atoms with Crippen molar-refractivity contribution in [2.24, 2.45) is 0 Å². The van der Waals surface area contributed by atoms with Gasteiger partial charge in [0.2, 0.25) is 0 Å². The molecule has 10 nitrogen and oxygen atoms in total. The highest BCUT2D eigenvalue weighted by atomic mass is 16.5. The van der Waals surface area contributed by atoms with Crippen molar-refractivity contribution < 1.29 is 14.2 Å². The number of methoxy groups -OCH3 is 2. The lowest BCUT2D eigenvalue weighted by Crippen LogP contribution is -2.29. The molecular formula is C26H30N6O4. The maximum atomic E-state index is 13.0. The molecule has 10 heteroatoms. The summed E-state index contributed by atoms with van der Waals surface area (Å²) in [6.45, 7) is 2.80. The average molecular weight is 491 g/mol. The summed E-state index contributed by atoms with van der Waals surface area (Å²) in [6.07, 6.45) is 2.18. The average Bonchev–Trinajstić information content (AvgIpc) is 3.57. The van der Waals surface area contributed by atoms with E-state index in [0.29, 0.717) is 37.5 Å². The first-order valence-corrected chi connectivity index (χ1v) is 12.0. The fourth-order valence-corrected chi connectivity index (χ4v) is 4.61. The largest absolute Gasteiger partial charge is 0.497 e. The molecule has 0 spiro atoms. The SMILES string of the molecule is COc1ccc2cc(CN(Cc3ccccc3OC)Cc3nnnn3C[C@H]3CCCO3)c(=O)[nH]c2c1. The van der Waals surface area contributed by atoms with Gasteiger partial charge in [0.25, 0.3) is 5.56 Å². The number of para-hydroxylation sites is 1. The van der Waals surface area contributed by atoms with E-state index >= 15 is 0 Å². The number of fused-ring (bicyclic) bond motifs is 1. The highest BCUT2D eigenvalue weighted by Gasteiger charge is 2.21. The van der Waals surface area contributed by atoms with Crippen LogP contribution in [0.4, 0.5) is 0 Å². The minimum absolute atomic E-state index is 0.121. The van der Waals surface area contributed by atoms with Gasteiger partial charge in [-0.05, 0) is 52.9 Å². The summed E-state index contributed by atoms with van der Waals surface area (Å²) in [7, 11) is 3.27. The zero-order valence-electron chi connectivity index (χ0n) is 20.5. The van der Waals surface area contributed by atoms with Gasteiger partial charge in [0.1, 0.15) is 11.5 Å². The fraction of sp³-hybridized carbons (Fsp3) is 0.385. The van der Waals surface area contributed by atoms with Crippen LogP contribution in [-0.2, 0) is 30.9 Å². The molecule has 4 aromatic rings. The van der Waals surface area contributed by atoms with Crippen molar-refractivity contribution in [2.75, 3.05) is 20.8 Å². The minimum atomic E-state index is -0.139. The summed E-state index contributed by atoms with van der Waals surface area (Å²) in [5.74, 6) is 2.21. The number of tetrazole rings is 1. The second kappa shape index (κ2) is 10.9. The van der Waals surface area contributed by atoms with E-state index in [1.165, 1.54) is 0 Å². The number of nitrogens with one attached hydrogen (secondary N) is 1. The van der Waals surface area contributed by atoms with Crippen LogP contribution >= 0.6 is 0 Å². The van der Waals surface area contributed by atoms with Gasteiger partial charge in [0.15, 0.2) is 5.82 Å². The first-order valence-electron chi connectivity index (χ1n) is 12.0. The zero-order chi connectivity index (χ0) is 24.9. The molecule has 1 fully saturated rings. The number of pyridine rings is 1. The summed E-state index contributed by atoms with van der Waals surface area (Å²) in [6, 6.07) is 15.5. The van der Waals surface area contributed by atoms with E-state index in [2.05, 4.69) is 25.4 Å². The van der Waals surface area contributed by atoms with Crippen LogP contribution in [-0.4, -0.2) is 57.0 Å². The molecule has 0 amide bonds. The third-order valence-corrected chi connectivity index (χ3v) is 6.48. The third-order valence-electron chi connectivity index (χ3n) is 6.48. The van der Waals surface area contributed by atoms with E-state index in [1.54, 1.807) is 14.2 Å². The van der Waals surface area contributed by atoms with Crippen LogP contribution in [0.2, 0.25) is 0 Å². The fourth-order valence-electron chi connectivity index (χ4n) is 4.61. The van der Waals surface area contributed by atoms with E-state index in [9.17, 15) is 4.79 Å². The Hall–Kier alpha value is -3.76. The maximum absolute atomic E-state index is 13.0. The monoisotopic (exact) mass is 490 g/mol. The molecule has 0 aliphatic carbocycles. The molecular weight excluding hydrogens is 460 g/mol. The van der Waals surface area contributed by atoms with Gasteiger partial charge in [0, 0.05) is 36.9 Å². The van der Waals surface area contributed by atoms with Gasteiger partial charge in [0.05, 0.1) is 38.9 Å². The van der Waals surface area contributed by atoms with Crippen molar-refractivity contribution in [3.63, 3.8) is 0 Å². The van der Waals surface area contributed by atoms with Crippen LogP contribution in [0, 0.1) is 0 Å². The van der Waals surface area contributed by atoms with E-state index in [0.717, 1.165) is 47.5 Å². The van der Waals surface area contributed by atoms with Gasteiger partial charge < -0.3 is 19.2 Å². The second-order valence-corrected chi connectivity index (χ2v) is 8.95. The Bertz CT molecular complexity index is 1380. The van der Waals surface area contributed by atoms with E-state index in [1.807, 2.05) is 53.2 Å². The second-order valence-electron chi connectivity index (χ2n) is 8.95. The number of aromatic amines is 1. The molecule has 1 saturated heterocycles. The summed E-state index contributed by atoms with van der Waals surface area (Å²) < 4.78 is 18.5. The van der Waals surface area contributed by atoms with Gasteiger partial charge in [-0.15, -0.1) is 5.10 Å². The summed E-state index contributed by atoms with van der Waals surface area (Å²) in [4.78, 5) is 18.2. The molecule has 1 aliphatic rings. The Morgan fingerprint density at radius 1 is 1.08 bits per heavy atom. The topological polar surface area (TPSA) is 107 Å². The van der Waals surface area contributed by atoms with E-state index in [4.69, 9.17) is 14.2 Å². The molecule has 3 heterocycles. The Kier molecular flexibility index (Phi) is 7.24. The predicted octanol–water partition coefficient (Wildman–Crippen LogP) is 2.91. The smallest absolute Gasteiger partial charge is 0.252 e. The molecule has 5 rings (SSSR count). The van der Waals surface area contributed by atoms with Crippen molar-refractivity contribution >= 4 is 10.9 Å². The summed E-state index contributed by atoms with van der Waals surface area (Å²) >= 11 is 0. The maximum Gasteiger partial charge on any atom is 0.252 e. The lowest BCUT2D eigenvalue weighted by atomic mass is 10.1. The molecule has 2 aromatic carbocycles. The molecule has 36 heavy (non-hydrogen) atoms. The standard InChI is InChI=1S/C26H30N6O4/c1-34-21-10-9-18-12-20(26(33)27-23(18)13-21)15-31(14-19-6-3-4-8-24(19)35-2)17-25-28-29-30-32(25)16-22-7-5-11-36-22/h3-4,6,8-10,12-13,22H,5,7,11,14-17H2,1-2H3,(H,27,33)/t22-/m1/s1. The number of aromatic nitrogens is 5. The van der Waals surface area contributed by atoms with Crippen molar-refractivity contribution in [1.29, 1.82) is 0 Å². The number of benzene rings is 2. The molecule has 1 atom stereocenters. The van der Waals surface area contributed by atoms with Crippen LogP contribution in [0.3, 0.4) is 0 Å². The first-order chi connectivity index (χ1) is 17.6.